The summed E-state index contributed by atoms with van der Waals surface area (Å²) >= 11 is 0. The van der Waals surface area contributed by atoms with Gasteiger partial charge in [0, 0.05) is 60.9 Å². The molecule has 0 aliphatic carbocycles. The van der Waals surface area contributed by atoms with Crippen molar-refractivity contribution in [1.29, 1.82) is 0 Å². The van der Waals surface area contributed by atoms with Crippen molar-refractivity contribution in [2.75, 3.05) is 51.2 Å². The van der Waals surface area contributed by atoms with Crippen molar-refractivity contribution < 1.29 is 18.9 Å². The van der Waals surface area contributed by atoms with Gasteiger partial charge in [-0.1, -0.05) is 25.7 Å². The molecule has 16 heteroatoms. The van der Waals surface area contributed by atoms with Crippen LogP contribution in [0.25, 0.3) is 0 Å². The average molecular weight is 839 g/mol. The number of rotatable bonds is 27. The summed E-state index contributed by atoms with van der Waals surface area (Å²) in [4.78, 5) is 35.1. The minimum Gasteiger partial charge on any atom is -0.467 e. The fourth-order valence-electron chi connectivity index (χ4n) is 8.67. The number of hydrogen-bond acceptors (Lipinski definition) is 16. The Morgan fingerprint density at radius 2 is 0.883 bits per heavy atom. The van der Waals surface area contributed by atoms with Crippen LogP contribution >= 0.6 is 0 Å². The van der Waals surface area contributed by atoms with Crippen molar-refractivity contribution in [2.45, 2.75) is 192 Å². The molecule has 4 heterocycles. The van der Waals surface area contributed by atoms with Crippen molar-refractivity contribution in [3.63, 3.8) is 0 Å². The second-order valence-electron chi connectivity index (χ2n) is 19.1. The topological polar surface area (TPSA) is 187 Å². The molecule has 2 saturated heterocycles. The number of nitrogens with one attached hydrogen (secondary N) is 4. The number of aromatic nitrogens is 6. The van der Waals surface area contributed by atoms with Crippen molar-refractivity contribution in [1.82, 2.24) is 40.5 Å². The van der Waals surface area contributed by atoms with Gasteiger partial charge < -0.3 is 40.2 Å². The average Bonchev–Trinajstić information content (AvgIpc) is 3.15. The molecular weight excluding hydrogens is 761 g/mol. The van der Waals surface area contributed by atoms with Gasteiger partial charge in [0.05, 0.1) is 26.4 Å². The molecule has 2 aromatic heterocycles. The van der Waals surface area contributed by atoms with Crippen LogP contribution in [-0.4, -0.2) is 117 Å². The number of hydrogen-bond donors (Lipinski definition) is 4. The molecule has 0 saturated carbocycles. The fraction of sp³-hybridized carbons (Fsp3) is 0.818. The van der Waals surface area contributed by atoms with Gasteiger partial charge in [-0.15, -0.1) is 0 Å². The monoisotopic (exact) mass is 839 g/mol. The van der Waals surface area contributed by atoms with Crippen LogP contribution in [0.15, 0.2) is 9.98 Å². The van der Waals surface area contributed by atoms with Gasteiger partial charge in [-0.2, -0.15) is 29.9 Å². The van der Waals surface area contributed by atoms with Crippen LogP contribution in [-0.2, 0) is 9.47 Å². The Morgan fingerprint density at radius 1 is 0.517 bits per heavy atom. The van der Waals surface area contributed by atoms with Gasteiger partial charge in [-0.05, 0) is 132 Å². The Hall–Kier alpha value is -3.60. The normalized spacial score (nSPS) is 18.9. The molecule has 16 nitrogen and oxygen atoms in total. The van der Waals surface area contributed by atoms with Crippen LogP contribution in [0.1, 0.15) is 158 Å². The number of piperidine rings is 2. The van der Waals surface area contributed by atoms with E-state index in [1.54, 1.807) is 14.2 Å². The predicted octanol–water partition coefficient (Wildman–Crippen LogP) is 8.34. The van der Waals surface area contributed by atoms with E-state index in [1.807, 2.05) is 12.4 Å². The van der Waals surface area contributed by atoms with Crippen LogP contribution < -0.4 is 30.7 Å². The summed E-state index contributed by atoms with van der Waals surface area (Å²) in [5.41, 5.74) is 0.428. The van der Waals surface area contributed by atoms with Crippen molar-refractivity contribution >= 4 is 36.2 Å². The molecule has 4 N–H and O–H groups in total. The molecule has 2 aliphatic heterocycles. The maximum Gasteiger partial charge on any atom is 0.322 e. The van der Waals surface area contributed by atoms with E-state index < -0.39 is 0 Å². The van der Waals surface area contributed by atoms with Gasteiger partial charge in [-0.3, -0.25) is 0 Å². The van der Waals surface area contributed by atoms with Crippen LogP contribution in [0.3, 0.4) is 0 Å². The quantitative estimate of drug-likeness (QED) is 0.0497. The molecule has 4 rings (SSSR count). The summed E-state index contributed by atoms with van der Waals surface area (Å²) in [6, 6.07) is 0.479. The summed E-state index contributed by atoms with van der Waals surface area (Å²) in [5.74, 6) is 1.59. The first-order valence-electron chi connectivity index (χ1n) is 22.5. The van der Waals surface area contributed by atoms with Gasteiger partial charge >= 0.3 is 12.0 Å². The highest BCUT2D eigenvalue weighted by molar-refractivity contribution is 5.62. The smallest absolute Gasteiger partial charge is 0.322 e. The van der Waals surface area contributed by atoms with Gasteiger partial charge in [0.1, 0.15) is 0 Å². The second-order valence-corrected chi connectivity index (χ2v) is 19.1. The molecule has 0 amide bonds. The van der Waals surface area contributed by atoms with E-state index >= 15 is 0 Å². The molecule has 0 unspecified atom stereocenters. The SMILES string of the molecule is COc1nc(N=CCCCCC=Nc2nc(NCCCCCCOC3CC(C)(C)NC(C)(C)C3)nc(OC)n2)nc(NCCCCCCOC2CC(C)(C)NC(C)(C)C2)n1. The third-order valence-corrected chi connectivity index (χ3v) is 10.6. The van der Waals surface area contributed by atoms with Gasteiger partial charge in [0.2, 0.25) is 11.9 Å². The molecule has 338 valence electrons. The third-order valence-electron chi connectivity index (χ3n) is 10.6. The largest absolute Gasteiger partial charge is 0.467 e. The van der Waals surface area contributed by atoms with E-state index in [0.717, 1.165) is 129 Å². The number of nitrogens with zero attached hydrogens (tertiary/aromatic N) is 8. The molecule has 2 aliphatic rings. The fourth-order valence-corrected chi connectivity index (χ4v) is 8.67. The Morgan fingerprint density at radius 3 is 1.25 bits per heavy atom. The molecule has 0 atom stereocenters. The lowest BCUT2D eigenvalue weighted by Gasteiger charge is -2.46. The third kappa shape index (κ3) is 19.4. The minimum absolute atomic E-state index is 0.107. The molecule has 0 radical (unpaired) electrons. The maximum absolute atomic E-state index is 6.27. The number of ether oxygens (including phenoxy) is 4. The predicted molar refractivity (Wildman–Crippen MR) is 242 cm³/mol. The lowest BCUT2D eigenvalue weighted by atomic mass is 9.81. The number of methoxy groups -OCH3 is 2. The molecule has 0 aromatic carbocycles. The van der Waals surface area contributed by atoms with Crippen molar-refractivity contribution in [2.24, 2.45) is 9.98 Å². The van der Waals surface area contributed by atoms with E-state index in [1.165, 1.54) is 0 Å². The zero-order valence-electron chi connectivity index (χ0n) is 38.7. The lowest BCUT2D eigenvalue weighted by Crippen LogP contribution is -2.59. The van der Waals surface area contributed by atoms with Crippen LogP contribution in [0, 0.1) is 0 Å². The standard InChI is InChI=1S/C44H78N12O4/c1-41(2)29-33(30-42(3,4)55-41)59-27-21-15-13-19-25-47-37-49-35(51-39(53-37)57-9)45-23-17-11-12-18-24-46-36-50-38(54-40(52-36)58-10)48-26-20-14-16-22-28-60-34-31-43(5,6)56-44(7,8)32-34/h23-24,33-34,55-56H,11-22,25-32H2,1-10H3,(H,47,49,51,53)(H,48,50,52,54). The molecular formula is C44H78N12O4. The summed E-state index contributed by atoms with van der Waals surface area (Å²) in [6.45, 7) is 21.3. The second kappa shape index (κ2) is 24.1. The van der Waals surface area contributed by atoms with Crippen LogP contribution in [0.5, 0.6) is 12.0 Å². The van der Waals surface area contributed by atoms with E-state index in [-0.39, 0.29) is 34.2 Å². The highest BCUT2D eigenvalue weighted by Crippen LogP contribution is 2.31. The van der Waals surface area contributed by atoms with E-state index in [2.05, 4.69) is 117 Å². The summed E-state index contributed by atoms with van der Waals surface area (Å²) in [7, 11) is 3.09. The van der Waals surface area contributed by atoms with Crippen LogP contribution in [0.2, 0.25) is 0 Å². The molecule has 2 fully saturated rings. The highest BCUT2D eigenvalue weighted by Gasteiger charge is 2.39. The lowest BCUT2D eigenvalue weighted by molar-refractivity contribution is -0.0233. The number of unbranched alkanes of at least 4 members (excludes halogenated alkanes) is 9. The first-order chi connectivity index (χ1) is 28.5. The summed E-state index contributed by atoms with van der Waals surface area (Å²) in [6.07, 6.45) is 20.5. The first kappa shape index (κ1) is 49.1. The molecule has 0 spiro atoms. The molecule has 0 bridgehead atoms. The van der Waals surface area contributed by atoms with E-state index in [0.29, 0.717) is 36.0 Å². The Kier molecular flexibility index (Phi) is 19.7. The van der Waals surface area contributed by atoms with Crippen molar-refractivity contribution in [3.8, 4) is 12.0 Å². The first-order valence-corrected chi connectivity index (χ1v) is 22.5. The van der Waals surface area contributed by atoms with Crippen molar-refractivity contribution in [3.05, 3.63) is 0 Å². The number of anilines is 2. The Bertz CT molecular complexity index is 1470. The van der Waals surface area contributed by atoms with Gasteiger partial charge in [-0.25, -0.2) is 9.98 Å². The van der Waals surface area contributed by atoms with Crippen LogP contribution in [0.4, 0.5) is 23.8 Å². The number of aliphatic imine (C=N–C) groups is 2. The minimum atomic E-state index is 0.107. The van der Waals surface area contributed by atoms with E-state index in [9.17, 15) is 0 Å². The summed E-state index contributed by atoms with van der Waals surface area (Å²) in [5, 5.41) is 14.0. The zero-order chi connectivity index (χ0) is 43.5. The van der Waals surface area contributed by atoms with Gasteiger partial charge in [0.25, 0.3) is 11.9 Å². The Labute approximate surface area is 360 Å². The molecule has 2 aromatic rings. The Balaban J connectivity index is 1.06. The highest BCUT2D eigenvalue weighted by atomic mass is 16.5. The summed E-state index contributed by atoms with van der Waals surface area (Å²) < 4.78 is 23.1. The van der Waals surface area contributed by atoms with E-state index in [4.69, 9.17) is 18.9 Å². The maximum atomic E-state index is 6.27. The molecule has 60 heavy (non-hydrogen) atoms. The van der Waals surface area contributed by atoms with Gasteiger partial charge in [0.15, 0.2) is 0 Å². The zero-order valence-corrected chi connectivity index (χ0v) is 38.7.